The largest absolute Gasteiger partial charge is 0.412 e. The zero-order chi connectivity index (χ0) is 13.1. The smallest absolute Gasteiger partial charge is 0.326 e. The first-order valence-electron chi connectivity index (χ1n) is 6.08. The molecule has 0 amide bonds. The second kappa shape index (κ2) is 5.87. The van der Waals surface area contributed by atoms with Crippen molar-refractivity contribution in [3.63, 3.8) is 0 Å². The molecular formula is C12H21F3N2. The van der Waals surface area contributed by atoms with Gasteiger partial charge in [-0.25, -0.2) is 0 Å². The van der Waals surface area contributed by atoms with E-state index in [9.17, 15) is 13.2 Å². The molecule has 0 aliphatic carbocycles. The monoisotopic (exact) mass is 250 g/mol. The van der Waals surface area contributed by atoms with Gasteiger partial charge in [-0.2, -0.15) is 13.2 Å². The molecule has 100 valence electrons. The quantitative estimate of drug-likeness (QED) is 0.777. The van der Waals surface area contributed by atoms with Crippen LogP contribution in [0.25, 0.3) is 0 Å². The summed E-state index contributed by atoms with van der Waals surface area (Å²) in [5, 5.41) is 0. The Labute approximate surface area is 101 Å². The summed E-state index contributed by atoms with van der Waals surface area (Å²) in [7, 11) is 0. The Balaban J connectivity index is 2.45. The van der Waals surface area contributed by atoms with Crippen LogP contribution in [0.15, 0.2) is 11.6 Å². The van der Waals surface area contributed by atoms with Gasteiger partial charge in [-0.15, -0.1) is 0 Å². The number of nitrogens with two attached hydrogens (primary N) is 1. The molecule has 0 saturated carbocycles. The van der Waals surface area contributed by atoms with E-state index >= 15 is 0 Å². The molecule has 0 radical (unpaired) electrons. The third-order valence-electron chi connectivity index (χ3n) is 3.50. The van der Waals surface area contributed by atoms with Crippen molar-refractivity contribution in [2.45, 2.75) is 38.9 Å². The van der Waals surface area contributed by atoms with Gasteiger partial charge in [0.2, 0.25) is 0 Å². The molecular weight excluding hydrogens is 229 g/mol. The van der Waals surface area contributed by atoms with Crippen LogP contribution in [0.4, 0.5) is 13.2 Å². The van der Waals surface area contributed by atoms with Crippen molar-refractivity contribution >= 4 is 0 Å². The average Bonchev–Trinajstić information content (AvgIpc) is 2.27. The van der Waals surface area contributed by atoms with Crippen molar-refractivity contribution in [3.05, 3.63) is 11.6 Å². The fraction of sp³-hybridized carbons (Fsp3) is 0.833. The lowest BCUT2D eigenvalue weighted by molar-refractivity contribution is -0.0960. The number of nitrogens with zero attached hydrogens (tertiary/aromatic N) is 1. The van der Waals surface area contributed by atoms with E-state index in [1.165, 1.54) is 6.08 Å². The van der Waals surface area contributed by atoms with Gasteiger partial charge in [0.25, 0.3) is 0 Å². The average molecular weight is 250 g/mol. The van der Waals surface area contributed by atoms with Gasteiger partial charge in [0.05, 0.1) is 0 Å². The molecule has 0 aromatic heterocycles. The van der Waals surface area contributed by atoms with Gasteiger partial charge >= 0.3 is 6.18 Å². The first kappa shape index (κ1) is 14.5. The molecule has 2 N–H and O–H groups in total. The van der Waals surface area contributed by atoms with Gasteiger partial charge in [-0.3, -0.25) is 4.90 Å². The van der Waals surface area contributed by atoms with Gasteiger partial charge in [0.1, 0.15) is 0 Å². The van der Waals surface area contributed by atoms with Gasteiger partial charge in [0.15, 0.2) is 0 Å². The van der Waals surface area contributed by atoms with Crippen LogP contribution in [-0.4, -0.2) is 36.8 Å². The van der Waals surface area contributed by atoms with Crippen LogP contribution in [0.2, 0.25) is 0 Å². The molecule has 0 aromatic rings. The highest BCUT2D eigenvalue weighted by molar-refractivity contribution is 5.13. The summed E-state index contributed by atoms with van der Waals surface area (Å²) >= 11 is 0. The third kappa shape index (κ3) is 4.32. The van der Waals surface area contributed by atoms with Crippen LogP contribution in [0.5, 0.6) is 0 Å². The Morgan fingerprint density at radius 1 is 1.47 bits per heavy atom. The summed E-state index contributed by atoms with van der Waals surface area (Å²) in [6, 6.07) is 0.0424. The minimum atomic E-state index is -4.16. The van der Waals surface area contributed by atoms with Crippen molar-refractivity contribution in [2.24, 2.45) is 11.7 Å². The first-order valence-corrected chi connectivity index (χ1v) is 6.08. The molecule has 1 aliphatic rings. The maximum atomic E-state index is 12.4. The van der Waals surface area contributed by atoms with E-state index < -0.39 is 11.7 Å². The summed E-state index contributed by atoms with van der Waals surface area (Å²) in [6.45, 7) is 5.64. The minimum Gasteiger partial charge on any atom is -0.326 e. The highest BCUT2D eigenvalue weighted by Gasteiger charge is 2.34. The lowest BCUT2D eigenvalue weighted by Crippen LogP contribution is -2.43. The summed E-state index contributed by atoms with van der Waals surface area (Å²) in [5.41, 5.74) is 5.60. The molecule has 2 atom stereocenters. The predicted octanol–water partition coefficient (Wildman–Crippen LogP) is 2.55. The van der Waals surface area contributed by atoms with Crippen LogP contribution >= 0.6 is 0 Å². The topological polar surface area (TPSA) is 29.3 Å². The highest BCUT2D eigenvalue weighted by Crippen LogP contribution is 2.30. The highest BCUT2D eigenvalue weighted by atomic mass is 19.4. The molecule has 2 unspecified atom stereocenters. The van der Waals surface area contributed by atoms with Gasteiger partial charge < -0.3 is 5.73 Å². The fourth-order valence-electron chi connectivity index (χ4n) is 1.92. The number of hydrogen-bond acceptors (Lipinski definition) is 2. The second-order valence-corrected chi connectivity index (χ2v) is 4.79. The molecule has 1 heterocycles. The van der Waals surface area contributed by atoms with Gasteiger partial charge in [-0.05, 0) is 12.3 Å². The van der Waals surface area contributed by atoms with Crippen LogP contribution < -0.4 is 5.73 Å². The SMILES string of the molecule is CCC(C)C(N)CN1CC=C(C(F)(F)F)CC1. The lowest BCUT2D eigenvalue weighted by Gasteiger charge is -2.31. The van der Waals surface area contributed by atoms with E-state index in [0.717, 1.165) is 6.42 Å². The molecule has 0 saturated heterocycles. The molecule has 5 heteroatoms. The van der Waals surface area contributed by atoms with Crippen molar-refractivity contribution in [1.82, 2.24) is 4.90 Å². The van der Waals surface area contributed by atoms with Crippen molar-refractivity contribution in [3.8, 4) is 0 Å². The number of halogens is 3. The van der Waals surface area contributed by atoms with Crippen molar-refractivity contribution in [1.29, 1.82) is 0 Å². The number of hydrogen-bond donors (Lipinski definition) is 1. The Morgan fingerprint density at radius 3 is 2.53 bits per heavy atom. The van der Waals surface area contributed by atoms with Gasteiger partial charge in [0, 0.05) is 31.2 Å². The molecule has 0 bridgehead atoms. The maximum Gasteiger partial charge on any atom is 0.412 e. The van der Waals surface area contributed by atoms with Crippen LogP contribution in [0.3, 0.4) is 0 Å². The van der Waals surface area contributed by atoms with Crippen LogP contribution in [0, 0.1) is 5.92 Å². The Bertz CT molecular complexity index is 273. The van der Waals surface area contributed by atoms with Crippen molar-refractivity contribution < 1.29 is 13.2 Å². The lowest BCUT2D eigenvalue weighted by atomic mass is 9.98. The van der Waals surface area contributed by atoms with Crippen LogP contribution in [0.1, 0.15) is 26.7 Å². The predicted molar refractivity (Wildman–Crippen MR) is 62.6 cm³/mol. The molecule has 0 fully saturated rings. The van der Waals surface area contributed by atoms with Gasteiger partial charge in [-0.1, -0.05) is 26.3 Å². The van der Waals surface area contributed by atoms with E-state index in [0.29, 0.717) is 25.6 Å². The van der Waals surface area contributed by atoms with E-state index in [-0.39, 0.29) is 12.5 Å². The summed E-state index contributed by atoms with van der Waals surface area (Å²) in [6.07, 6.45) is -1.80. The number of rotatable bonds is 4. The minimum absolute atomic E-state index is 0.0424. The summed E-state index contributed by atoms with van der Waals surface area (Å²) < 4.78 is 37.2. The maximum absolute atomic E-state index is 12.4. The molecule has 0 spiro atoms. The van der Waals surface area contributed by atoms with Crippen LogP contribution in [-0.2, 0) is 0 Å². The molecule has 1 aliphatic heterocycles. The Morgan fingerprint density at radius 2 is 2.12 bits per heavy atom. The first-order chi connectivity index (χ1) is 7.84. The van der Waals surface area contributed by atoms with E-state index in [1.807, 2.05) is 4.90 Å². The zero-order valence-corrected chi connectivity index (χ0v) is 10.4. The molecule has 2 nitrogen and oxygen atoms in total. The van der Waals surface area contributed by atoms with E-state index in [1.54, 1.807) is 0 Å². The summed E-state index contributed by atoms with van der Waals surface area (Å²) in [5.74, 6) is 0.406. The fourth-order valence-corrected chi connectivity index (χ4v) is 1.92. The molecule has 0 aromatic carbocycles. The normalized spacial score (nSPS) is 22.1. The second-order valence-electron chi connectivity index (χ2n) is 4.79. The summed E-state index contributed by atoms with van der Waals surface area (Å²) in [4.78, 5) is 1.99. The Hall–Kier alpha value is -0.550. The van der Waals surface area contributed by atoms with E-state index in [2.05, 4.69) is 13.8 Å². The zero-order valence-electron chi connectivity index (χ0n) is 10.4. The van der Waals surface area contributed by atoms with E-state index in [4.69, 9.17) is 5.73 Å². The molecule has 17 heavy (non-hydrogen) atoms. The Kier molecular flexibility index (Phi) is 5.01. The number of alkyl halides is 3. The third-order valence-corrected chi connectivity index (χ3v) is 3.50. The van der Waals surface area contributed by atoms with Crippen molar-refractivity contribution in [2.75, 3.05) is 19.6 Å². The molecule has 1 rings (SSSR count). The standard InChI is InChI=1S/C12H21F3N2/c1-3-9(2)11(16)8-17-6-4-10(5-7-17)12(13,14)15/h4,9,11H,3,5-8,16H2,1-2H3.